The third-order valence-corrected chi connectivity index (χ3v) is 5.00. The Labute approximate surface area is 159 Å². The molecule has 2 aromatic carbocycles. The molecule has 8 heteroatoms. The quantitative estimate of drug-likeness (QED) is 0.523. The number of hydrogen-bond donors (Lipinski definition) is 0. The summed E-state index contributed by atoms with van der Waals surface area (Å²) in [4.78, 5) is 0. The Balaban J connectivity index is 1.79. The van der Waals surface area contributed by atoms with Gasteiger partial charge in [-0.3, -0.25) is 0 Å². The van der Waals surface area contributed by atoms with Gasteiger partial charge in [0.1, 0.15) is 11.5 Å². The molecule has 0 spiro atoms. The molecular formula is C17H14Cl2N2O3S. The highest BCUT2D eigenvalue weighted by molar-refractivity contribution is 7.98. The summed E-state index contributed by atoms with van der Waals surface area (Å²) in [6, 6.07) is 10.8. The van der Waals surface area contributed by atoms with Crippen LogP contribution in [0, 0.1) is 0 Å². The molecule has 0 aliphatic heterocycles. The van der Waals surface area contributed by atoms with Crippen molar-refractivity contribution in [3.8, 4) is 23.0 Å². The van der Waals surface area contributed by atoms with Crippen LogP contribution >= 0.6 is 35.0 Å². The van der Waals surface area contributed by atoms with Crippen molar-refractivity contribution in [1.29, 1.82) is 0 Å². The zero-order chi connectivity index (χ0) is 17.8. The van der Waals surface area contributed by atoms with Gasteiger partial charge in [-0.1, -0.05) is 41.0 Å². The number of thioether (sulfide) groups is 1. The third kappa shape index (κ3) is 4.03. The van der Waals surface area contributed by atoms with E-state index in [1.807, 2.05) is 6.07 Å². The second kappa shape index (κ2) is 7.99. The number of aromatic nitrogens is 2. The van der Waals surface area contributed by atoms with Gasteiger partial charge in [-0.25, -0.2) is 0 Å². The van der Waals surface area contributed by atoms with Crippen LogP contribution in [0.15, 0.2) is 46.0 Å². The van der Waals surface area contributed by atoms with Crippen molar-refractivity contribution in [2.75, 3.05) is 14.2 Å². The highest BCUT2D eigenvalue weighted by Gasteiger charge is 2.15. The van der Waals surface area contributed by atoms with E-state index >= 15 is 0 Å². The molecule has 0 saturated carbocycles. The molecule has 0 bridgehead atoms. The largest absolute Gasteiger partial charge is 0.497 e. The molecule has 0 saturated heterocycles. The first kappa shape index (κ1) is 17.9. The summed E-state index contributed by atoms with van der Waals surface area (Å²) in [5.41, 5.74) is 1.52. The Morgan fingerprint density at radius 2 is 1.80 bits per heavy atom. The summed E-state index contributed by atoms with van der Waals surface area (Å²) in [6.45, 7) is 0. The summed E-state index contributed by atoms with van der Waals surface area (Å²) in [5.74, 6) is 2.17. The first-order valence-electron chi connectivity index (χ1n) is 7.24. The lowest BCUT2D eigenvalue weighted by atomic mass is 10.2. The molecule has 0 atom stereocenters. The summed E-state index contributed by atoms with van der Waals surface area (Å²) in [7, 11) is 3.17. The Morgan fingerprint density at radius 3 is 2.48 bits per heavy atom. The van der Waals surface area contributed by atoms with Crippen molar-refractivity contribution >= 4 is 35.0 Å². The molecule has 3 rings (SSSR count). The van der Waals surface area contributed by atoms with Crippen LogP contribution in [0.1, 0.15) is 5.56 Å². The zero-order valence-electron chi connectivity index (χ0n) is 13.5. The van der Waals surface area contributed by atoms with Gasteiger partial charge in [-0.2, -0.15) is 0 Å². The predicted molar refractivity (Wildman–Crippen MR) is 98.9 cm³/mol. The monoisotopic (exact) mass is 396 g/mol. The van der Waals surface area contributed by atoms with E-state index in [0.29, 0.717) is 44.0 Å². The summed E-state index contributed by atoms with van der Waals surface area (Å²) in [5, 5.41) is 9.78. The Bertz CT molecular complexity index is 866. The number of benzene rings is 2. The van der Waals surface area contributed by atoms with Crippen LogP contribution in [0.3, 0.4) is 0 Å². The normalized spacial score (nSPS) is 10.7. The van der Waals surface area contributed by atoms with Gasteiger partial charge >= 0.3 is 0 Å². The molecule has 130 valence electrons. The molecule has 0 N–H and O–H groups in total. The van der Waals surface area contributed by atoms with E-state index in [4.69, 9.17) is 37.1 Å². The number of ether oxygens (including phenoxy) is 2. The molecule has 25 heavy (non-hydrogen) atoms. The lowest BCUT2D eigenvalue weighted by molar-refractivity contribution is 0.393. The molecule has 0 amide bonds. The van der Waals surface area contributed by atoms with Crippen LogP contribution < -0.4 is 9.47 Å². The number of rotatable bonds is 6. The van der Waals surface area contributed by atoms with Crippen LogP contribution in [0.2, 0.25) is 10.0 Å². The van der Waals surface area contributed by atoms with Crippen LogP contribution in [0.25, 0.3) is 11.5 Å². The zero-order valence-corrected chi connectivity index (χ0v) is 15.8. The smallest absolute Gasteiger partial charge is 0.277 e. The van der Waals surface area contributed by atoms with Crippen LogP contribution in [-0.4, -0.2) is 24.4 Å². The standard InChI is InChI=1S/C17H14Cl2N2O3S/c1-22-10-6-7-11(15(8-10)23-2)16-20-21-17(24-16)25-9-12-13(18)4-3-5-14(12)19/h3-8H,9H2,1-2H3. The van der Waals surface area contributed by atoms with Crippen molar-refractivity contribution in [3.63, 3.8) is 0 Å². The Hall–Kier alpha value is -1.89. The second-order valence-corrected chi connectivity index (χ2v) is 6.67. The molecular weight excluding hydrogens is 383 g/mol. The predicted octanol–water partition coefficient (Wildman–Crippen LogP) is 5.35. The maximum absolute atomic E-state index is 6.17. The van der Waals surface area contributed by atoms with Gasteiger partial charge in [-0.05, 0) is 29.8 Å². The number of nitrogens with zero attached hydrogens (tertiary/aromatic N) is 2. The van der Waals surface area contributed by atoms with Gasteiger partial charge in [0, 0.05) is 21.9 Å². The number of methoxy groups -OCH3 is 2. The van der Waals surface area contributed by atoms with Crippen LogP contribution in [0.4, 0.5) is 0 Å². The van der Waals surface area contributed by atoms with Crippen molar-refractivity contribution in [2.24, 2.45) is 0 Å². The lowest BCUT2D eigenvalue weighted by Crippen LogP contribution is -1.90. The maximum Gasteiger partial charge on any atom is 0.277 e. The summed E-state index contributed by atoms with van der Waals surface area (Å²) >= 11 is 13.7. The number of hydrogen-bond acceptors (Lipinski definition) is 6. The van der Waals surface area contributed by atoms with E-state index < -0.39 is 0 Å². The minimum atomic E-state index is 0.368. The first-order valence-corrected chi connectivity index (χ1v) is 8.98. The van der Waals surface area contributed by atoms with E-state index in [0.717, 1.165) is 5.56 Å². The fraction of sp³-hybridized carbons (Fsp3) is 0.176. The minimum absolute atomic E-state index is 0.368. The fourth-order valence-corrected chi connectivity index (χ4v) is 3.66. The van der Waals surface area contributed by atoms with Crippen molar-refractivity contribution < 1.29 is 13.9 Å². The van der Waals surface area contributed by atoms with Gasteiger partial charge in [-0.15, -0.1) is 10.2 Å². The average Bonchev–Trinajstić information content (AvgIpc) is 3.09. The first-order chi connectivity index (χ1) is 12.1. The molecule has 0 aliphatic rings. The molecule has 0 aliphatic carbocycles. The second-order valence-electron chi connectivity index (χ2n) is 4.93. The van der Waals surface area contributed by atoms with Gasteiger partial charge in [0.2, 0.25) is 0 Å². The van der Waals surface area contributed by atoms with Crippen molar-refractivity contribution in [2.45, 2.75) is 11.0 Å². The van der Waals surface area contributed by atoms with Gasteiger partial charge < -0.3 is 13.9 Å². The average molecular weight is 397 g/mol. The molecule has 0 fully saturated rings. The van der Waals surface area contributed by atoms with E-state index in [1.54, 1.807) is 44.6 Å². The molecule has 3 aromatic rings. The summed E-state index contributed by atoms with van der Waals surface area (Å²) < 4.78 is 16.3. The minimum Gasteiger partial charge on any atom is -0.497 e. The van der Waals surface area contributed by atoms with Crippen molar-refractivity contribution in [3.05, 3.63) is 52.0 Å². The molecule has 0 radical (unpaired) electrons. The SMILES string of the molecule is COc1ccc(-c2nnc(SCc3c(Cl)cccc3Cl)o2)c(OC)c1. The van der Waals surface area contributed by atoms with Crippen LogP contribution in [0.5, 0.6) is 11.5 Å². The van der Waals surface area contributed by atoms with E-state index in [-0.39, 0.29) is 0 Å². The summed E-state index contributed by atoms with van der Waals surface area (Å²) in [6.07, 6.45) is 0. The maximum atomic E-state index is 6.17. The lowest BCUT2D eigenvalue weighted by Gasteiger charge is -2.07. The van der Waals surface area contributed by atoms with Gasteiger partial charge in [0.05, 0.1) is 19.8 Å². The van der Waals surface area contributed by atoms with Crippen LogP contribution in [-0.2, 0) is 5.75 Å². The van der Waals surface area contributed by atoms with Gasteiger partial charge in [0.25, 0.3) is 11.1 Å². The van der Waals surface area contributed by atoms with E-state index in [9.17, 15) is 0 Å². The highest BCUT2D eigenvalue weighted by Crippen LogP contribution is 2.35. The Kier molecular flexibility index (Phi) is 5.73. The third-order valence-electron chi connectivity index (χ3n) is 3.45. The molecule has 5 nitrogen and oxygen atoms in total. The molecule has 1 aromatic heterocycles. The van der Waals surface area contributed by atoms with E-state index in [1.165, 1.54) is 11.8 Å². The molecule has 1 heterocycles. The van der Waals surface area contributed by atoms with Crippen molar-refractivity contribution in [1.82, 2.24) is 10.2 Å². The number of halogens is 2. The fourth-order valence-electron chi connectivity index (χ4n) is 2.16. The molecule has 0 unspecified atom stereocenters. The Morgan fingerprint density at radius 1 is 1.04 bits per heavy atom. The highest BCUT2D eigenvalue weighted by atomic mass is 35.5. The van der Waals surface area contributed by atoms with E-state index in [2.05, 4.69) is 10.2 Å². The van der Waals surface area contributed by atoms with Gasteiger partial charge in [0.15, 0.2) is 0 Å². The topological polar surface area (TPSA) is 57.4 Å².